The van der Waals surface area contributed by atoms with Crippen molar-refractivity contribution >= 4 is 11.7 Å². The highest BCUT2D eigenvalue weighted by atomic mass is 16.1. The minimum absolute atomic E-state index is 0.230. The van der Waals surface area contributed by atoms with E-state index in [0.717, 1.165) is 0 Å². The minimum Gasteiger partial charge on any atom is -0.381 e. The first-order valence-corrected chi connectivity index (χ1v) is 3.12. The van der Waals surface area contributed by atoms with Crippen molar-refractivity contribution in [3.63, 3.8) is 0 Å². The van der Waals surface area contributed by atoms with Crippen molar-refractivity contribution in [2.24, 2.45) is 5.73 Å². The number of hydrogen-bond acceptors (Lipinski definition) is 4. The van der Waals surface area contributed by atoms with Gasteiger partial charge < -0.3 is 11.5 Å². The van der Waals surface area contributed by atoms with Gasteiger partial charge in [-0.25, -0.2) is 0 Å². The highest BCUT2D eigenvalue weighted by Gasteiger charge is 1.98. The summed E-state index contributed by atoms with van der Waals surface area (Å²) in [5, 5.41) is 7.52. The Kier molecular flexibility index (Phi) is 2.05. The first-order chi connectivity index (χ1) is 5.18. The van der Waals surface area contributed by atoms with Gasteiger partial charge in [-0.05, 0) is 0 Å². The van der Waals surface area contributed by atoms with Crippen LogP contribution < -0.4 is 11.5 Å². The van der Waals surface area contributed by atoms with Crippen LogP contribution in [0, 0.1) is 0 Å². The number of hydrogen-bond donors (Lipinski definition) is 2. The number of nitrogens with two attached hydrogens (primary N) is 2. The van der Waals surface area contributed by atoms with E-state index in [0.29, 0.717) is 12.4 Å². The van der Waals surface area contributed by atoms with Gasteiger partial charge >= 0.3 is 0 Å². The van der Waals surface area contributed by atoms with Crippen LogP contribution in [-0.2, 0) is 11.3 Å². The van der Waals surface area contributed by atoms with Gasteiger partial charge in [-0.3, -0.25) is 4.79 Å². The zero-order valence-electron chi connectivity index (χ0n) is 5.90. The fourth-order valence-corrected chi connectivity index (χ4v) is 0.629. The van der Waals surface area contributed by atoms with E-state index in [9.17, 15) is 4.79 Å². The van der Waals surface area contributed by atoms with Gasteiger partial charge in [0, 0.05) is 6.42 Å². The molecule has 0 atom stereocenters. The standard InChI is InChI=1S/C5H9N5O/c6-4-3-8-10(9-4)2-1-5(7)11/h3H,1-2H2,(H2,6,9)(H2,7,11). The number of carbonyl (C=O) groups is 1. The topological polar surface area (TPSA) is 99.8 Å². The minimum atomic E-state index is -0.374. The molecule has 0 fully saturated rings. The Balaban J connectivity index is 2.45. The van der Waals surface area contributed by atoms with E-state index in [4.69, 9.17) is 11.5 Å². The highest BCUT2D eigenvalue weighted by Crippen LogP contribution is 1.91. The molecule has 0 aliphatic rings. The molecule has 0 unspecified atom stereocenters. The van der Waals surface area contributed by atoms with E-state index in [1.165, 1.54) is 11.0 Å². The number of carbonyl (C=O) groups excluding carboxylic acids is 1. The van der Waals surface area contributed by atoms with E-state index in [2.05, 4.69) is 10.2 Å². The van der Waals surface area contributed by atoms with Crippen molar-refractivity contribution in [3.8, 4) is 0 Å². The number of aromatic nitrogens is 3. The zero-order chi connectivity index (χ0) is 8.27. The molecule has 1 heterocycles. The maximum atomic E-state index is 10.3. The van der Waals surface area contributed by atoms with Crippen molar-refractivity contribution in [2.45, 2.75) is 13.0 Å². The molecule has 60 valence electrons. The van der Waals surface area contributed by atoms with Crippen molar-refractivity contribution in [3.05, 3.63) is 6.20 Å². The smallest absolute Gasteiger partial charge is 0.219 e. The normalized spacial score (nSPS) is 9.82. The molecule has 11 heavy (non-hydrogen) atoms. The summed E-state index contributed by atoms with van der Waals surface area (Å²) in [4.78, 5) is 11.6. The molecule has 4 N–H and O–H groups in total. The Morgan fingerprint density at radius 3 is 2.91 bits per heavy atom. The van der Waals surface area contributed by atoms with Crippen molar-refractivity contribution in [1.29, 1.82) is 0 Å². The summed E-state index contributed by atoms with van der Waals surface area (Å²) in [6, 6.07) is 0. The van der Waals surface area contributed by atoms with Gasteiger partial charge in [0.2, 0.25) is 5.91 Å². The van der Waals surface area contributed by atoms with Crippen LogP contribution in [0.4, 0.5) is 5.82 Å². The lowest BCUT2D eigenvalue weighted by Crippen LogP contribution is -2.15. The van der Waals surface area contributed by atoms with Gasteiger partial charge in [0.05, 0.1) is 12.7 Å². The molecular weight excluding hydrogens is 146 g/mol. The molecular formula is C5H9N5O. The molecule has 0 aliphatic heterocycles. The number of nitrogen functional groups attached to an aromatic ring is 1. The number of nitrogens with zero attached hydrogens (tertiary/aromatic N) is 3. The fourth-order valence-electron chi connectivity index (χ4n) is 0.629. The zero-order valence-corrected chi connectivity index (χ0v) is 5.90. The molecule has 6 heteroatoms. The maximum Gasteiger partial charge on any atom is 0.219 e. The molecule has 1 aromatic rings. The quantitative estimate of drug-likeness (QED) is 0.568. The van der Waals surface area contributed by atoms with Crippen molar-refractivity contribution in [1.82, 2.24) is 15.0 Å². The highest BCUT2D eigenvalue weighted by molar-refractivity contribution is 5.73. The molecule has 1 rings (SSSR count). The van der Waals surface area contributed by atoms with E-state index < -0.39 is 0 Å². The van der Waals surface area contributed by atoms with E-state index in [1.807, 2.05) is 0 Å². The summed E-state index contributed by atoms with van der Waals surface area (Å²) in [6.07, 6.45) is 1.65. The molecule has 0 aromatic carbocycles. The predicted octanol–water partition coefficient (Wildman–Crippen LogP) is -1.26. The third kappa shape index (κ3) is 2.24. The van der Waals surface area contributed by atoms with Gasteiger partial charge in [0.15, 0.2) is 5.82 Å². The Morgan fingerprint density at radius 2 is 2.45 bits per heavy atom. The number of primary amides is 1. The molecule has 0 aliphatic carbocycles. The summed E-state index contributed by atoms with van der Waals surface area (Å²) in [5.74, 6) is -0.0321. The summed E-state index contributed by atoms with van der Waals surface area (Å²) in [5.41, 5.74) is 10.2. The Labute approximate surface area is 63.2 Å². The second-order valence-corrected chi connectivity index (χ2v) is 2.08. The molecule has 6 nitrogen and oxygen atoms in total. The lowest BCUT2D eigenvalue weighted by molar-refractivity contribution is -0.118. The van der Waals surface area contributed by atoms with Crippen LogP contribution in [-0.4, -0.2) is 20.9 Å². The lowest BCUT2D eigenvalue weighted by Gasteiger charge is -1.94. The number of amides is 1. The molecule has 0 saturated heterocycles. The summed E-state index contributed by atoms with van der Waals surface area (Å²) in [6.45, 7) is 0.381. The molecule has 0 radical (unpaired) electrons. The summed E-state index contributed by atoms with van der Waals surface area (Å²) < 4.78 is 0. The van der Waals surface area contributed by atoms with Crippen molar-refractivity contribution in [2.75, 3.05) is 5.73 Å². The Bertz CT molecular complexity index is 255. The lowest BCUT2D eigenvalue weighted by atomic mass is 10.4. The molecule has 1 amide bonds. The number of aryl methyl sites for hydroxylation is 1. The van der Waals surface area contributed by atoms with Gasteiger partial charge in [-0.2, -0.15) is 9.90 Å². The number of anilines is 1. The third-order valence-electron chi connectivity index (χ3n) is 1.11. The van der Waals surface area contributed by atoms with Crippen molar-refractivity contribution < 1.29 is 4.79 Å². The average Bonchev–Trinajstić information content (AvgIpc) is 2.31. The van der Waals surface area contributed by atoms with E-state index in [1.54, 1.807) is 0 Å². The maximum absolute atomic E-state index is 10.3. The largest absolute Gasteiger partial charge is 0.381 e. The van der Waals surface area contributed by atoms with Crippen LogP contribution >= 0.6 is 0 Å². The first-order valence-electron chi connectivity index (χ1n) is 3.12. The van der Waals surface area contributed by atoms with Crippen LogP contribution in [0.15, 0.2) is 6.20 Å². The van der Waals surface area contributed by atoms with Crippen LogP contribution in [0.5, 0.6) is 0 Å². The van der Waals surface area contributed by atoms with Gasteiger partial charge in [0.1, 0.15) is 0 Å². The van der Waals surface area contributed by atoms with Gasteiger partial charge in [-0.1, -0.05) is 0 Å². The van der Waals surface area contributed by atoms with Crippen LogP contribution in [0.1, 0.15) is 6.42 Å². The Hall–Kier alpha value is -1.59. The molecule has 1 aromatic heterocycles. The third-order valence-corrected chi connectivity index (χ3v) is 1.11. The summed E-state index contributed by atoms with van der Waals surface area (Å²) >= 11 is 0. The monoisotopic (exact) mass is 155 g/mol. The number of rotatable bonds is 3. The molecule has 0 bridgehead atoms. The van der Waals surface area contributed by atoms with Gasteiger partial charge in [0.25, 0.3) is 0 Å². The Morgan fingerprint density at radius 1 is 1.73 bits per heavy atom. The average molecular weight is 155 g/mol. The van der Waals surface area contributed by atoms with Crippen LogP contribution in [0.25, 0.3) is 0 Å². The van der Waals surface area contributed by atoms with Crippen LogP contribution in [0.2, 0.25) is 0 Å². The SMILES string of the molecule is NC(=O)CCn1ncc(N)n1. The van der Waals surface area contributed by atoms with E-state index in [-0.39, 0.29) is 12.3 Å². The first kappa shape index (κ1) is 7.52. The fraction of sp³-hybridized carbons (Fsp3) is 0.400. The van der Waals surface area contributed by atoms with Gasteiger partial charge in [-0.15, -0.1) is 5.10 Å². The second-order valence-electron chi connectivity index (χ2n) is 2.08. The van der Waals surface area contributed by atoms with E-state index >= 15 is 0 Å². The summed E-state index contributed by atoms with van der Waals surface area (Å²) in [7, 11) is 0. The second kappa shape index (κ2) is 3.00. The van der Waals surface area contributed by atoms with Crippen LogP contribution in [0.3, 0.4) is 0 Å². The molecule has 0 spiro atoms. The predicted molar refractivity (Wildman–Crippen MR) is 38.2 cm³/mol. The molecule has 0 saturated carbocycles.